The molecule has 7 rings (SSSR count). The van der Waals surface area contributed by atoms with Crippen LogP contribution < -0.4 is 16.4 Å². The number of fused-ring (bicyclic) bond motifs is 2. The third-order valence-corrected chi connectivity index (χ3v) is 7.16. The number of nitrogens with one attached hydrogen (secondary N) is 2. The molecule has 38 heavy (non-hydrogen) atoms. The van der Waals surface area contributed by atoms with Gasteiger partial charge in [0.25, 0.3) is 0 Å². The molecular formula is C24H19F3N8O3. The van der Waals surface area contributed by atoms with Crippen LogP contribution >= 0.6 is 0 Å². The predicted molar refractivity (Wildman–Crippen MR) is 129 cm³/mol. The number of carbonyl (C=O) groups excluding carboxylic acids is 1. The van der Waals surface area contributed by atoms with Crippen molar-refractivity contribution in [2.24, 2.45) is 0 Å². The van der Waals surface area contributed by atoms with E-state index in [0.717, 1.165) is 41.1 Å². The van der Waals surface area contributed by atoms with E-state index in [1.807, 2.05) is 6.20 Å². The smallest absolute Gasteiger partial charge is 0.383 e. The van der Waals surface area contributed by atoms with Crippen molar-refractivity contribution in [3.05, 3.63) is 42.7 Å². The number of anilines is 3. The summed E-state index contributed by atoms with van der Waals surface area (Å²) < 4.78 is 52.5. The molecule has 0 atom stereocenters. The van der Waals surface area contributed by atoms with Crippen molar-refractivity contribution < 1.29 is 27.0 Å². The monoisotopic (exact) mass is 524 g/mol. The molecule has 0 saturated heterocycles. The standard InChI is InChI=1S/C24H19F3N8O3/c25-24(26,27)23(5-6-23)16-7-17(34-37-16)33-22(36)32-15-4-3-12(13-8-31-38-19(13)15)14-9-35(11-1-2-11)21-18(14)20(28)29-10-30-21/h3-4,7-11H,1-2,5-6H2,(H2,28,29,30)(H2,32,33,34,36). The summed E-state index contributed by atoms with van der Waals surface area (Å²) in [6, 6.07) is 4.14. The first-order valence-electron chi connectivity index (χ1n) is 11.9. The number of rotatable bonds is 5. The first-order chi connectivity index (χ1) is 18.2. The number of halogens is 3. The number of nitrogens with zero attached hydrogens (tertiary/aromatic N) is 5. The minimum absolute atomic E-state index is 0.0791. The summed E-state index contributed by atoms with van der Waals surface area (Å²) in [6.07, 6.45) is 2.46. The Labute approximate surface area is 211 Å². The second-order valence-electron chi connectivity index (χ2n) is 9.60. The Bertz CT molecular complexity index is 1730. The van der Waals surface area contributed by atoms with Gasteiger partial charge in [0.1, 0.15) is 23.2 Å². The van der Waals surface area contributed by atoms with E-state index < -0.39 is 17.6 Å². The summed E-state index contributed by atoms with van der Waals surface area (Å²) in [5, 5.41) is 13.8. The molecule has 0 radical (unpaired) electrons. The Kier molecular flexibility index (Phi) is 4.57. The molecule has 0 spiro atoms. The van der Waals surface area contributed by atoms with Gasteiger partial charge in [-0.2, -0.15) is 13.2 Å². The van der Waals surface area contributed by atoms with Gasteiger partial charge in [0.15, 0.2) is 17.2 Å². The molecule has 4 heterocycles. The number of alkyl halides is 3. The minimum Gasteiger partial charge on any atom is -0.383 e. The van der Waals surface area contributed by atoms with Crippen LogP contribution in [0.1, 0.15) is 37.5 Å². The van der Waals surface area contributed by atoms with E-state index in [-0.39, 0.29) is 24.4 Å². The fourth-order valence-electron chi connectivity index (χ4n) is 4.86. The van der Waals surface area contributed by atoms with Gasteiger partial charge < -0.3 is 24.7 Å². The molecule has 11 nitrogen and oxygen atoms in total. The topological polar surface area (TPSA) is 150 Å². The summed E-state index contributed by atoms with van der Waals surface area (Å²) in [4.78, 5) is 21.3. The van der Waals surface area contributed by atoms with Gasteiger partial charge in [-0.15, -0.1) is 0 Å². The van der Waals surface area contributed by atoms with Crippen LogP contribution in [0, 0.1) is 0 Å². The van der Waals surface area contributed by atoms with E-state index in [1.54, 1.807) is 12.1 Å². The molecule has 0 aliphatic heterocycles. The zero-order valence-corrected chi connectivity index (χ0v) is 19.5. The normalized spacial score (nSPS) is 16.7. The average Bonchev–Trinajstić information content (AvgIpc) is 3.74. The Morgan fingerprint density at radius 1 is 1.13 bits per heavy atom. The van der Waals surface area contributed by atoms with Crippen LogP contribution in [0.25, 0.3) is 33.1 Å². The highest BCUT2D eigenvalue weighted by Gasteiger charge is 2.66. The quantitative estimate of drug-likeness (QED) is 0.277. The molecule has 5 aromatic rings. The first kappa shape index (κ1) is 22.6. The number of benzene rings is 1. The zero-order chi connectivity index (χ0) is 26.2. The van der Waals surface area contributed by atoms with Gasteiger partial charge in [0.2, 0.25) is 0 Å². The van der Waals surface area contributed by atoms with Gasteiger partial charge >= 0.3 is 12.2 Å². The summed E-state index contributed by atoms with van der Waals surface area (Å²) in [7, 11) is 0. The van der Waals surface area contributed by atoms with E-state index in [4.69, 9.17) is 14.8 Å². The van der Waals surface area contributed by atoms with E-state index in [1.165, 1.54) is 12.5 Å². The number of carbonyl (C=O) groups is 1. The molecule has 2 aliphatic rings. The average molecular weight is 524 g/mol. The van der Waals surface area contributed by atoms with E-state index in [9.17, 15) is 18.0 Å². The fraction of sp³-hybridized carbons (Fsp3) is 0.292. The van der Waals surface area contributed by atoms with Crippen molar-refractivity contribution in [2.45, 2.75) is 43.3 Å². The zero-order valence-electron chi connectivity index (χ0n) is 19.5. The number of nitrogen functional groups attached to an aromatic ring is 1. The number of amides is 2. The van der Waals surface area contributed by atoms with Gasteiger partial charge in [-0.3, -0.25) is 5.32 Å². The van der Waals surface area contributed by atoms with E-state index in [2.05, 4.69) is 35.5 Å². The molecule has 4 aromatic heterocycles. The summed E-state index contributed by atoms with van der Waals surface area (Å²) in [6.45, 7) is 0. The highest BCUT2D eigenvalue weighted by molar-refractivity contribution is 6.11. The van der Waals surface area contributed by atoms with Crippen molar-refractivity contribution in [3.63, 3.8) is 0 Å². The number of urea groups is 1. The van der Waals surface area contributed by atoms with Crippen molar-refractivity contribution in [1.29, 1.82) is 0 Å². The second kappa shape index (κ2) is 7.69. The molecule has 1 aromatic carbocycles. The van der Waals surface area contributed by atoms with E-state index in [0.29, 0.717) is 28.5 Å². The molecule has 194 valence electrons. The first-order valence-corrected chi connectivity index (χ1v) is 11.9. The van der Waals surface area contributed by atoms with Crippen LogP contribution in [0.5, 0.6) is 0 Å². The van der Waals surface area contributed by atoms with Crippen LogP contribution in [0.2, 0.25) is 0 Å². The maximum Gasteiger partial charge on any atom is 0.401 e. The number of nitrogens with two attached hydrogens (primary N) is 1. The molecule has 4 N–H and O–H groups in total. The number of aromatic nitrogens is 5. The van der Waals surface area contributed by atoms with Crippen LogP contribution in [0.3, 0.4) is 0 Å². The Morgan fingerprint density at radius 2 is 1.95 bits per heavy atom. The Balaban J connectivity index is 1.18. The third kappa shape index (κ3) is 3.39. The lowest BCUT2D eigenvalue weighted by Crippen LogP contribution is -2.28. The largest absolute Gasteiger partial charge is 0.401 e. The van der Waals surface area contributed by atoms with E-state index >= 15 is 0 Å². The highest BCUT2D eigenvalue weighted by Crippen LogP contribution is 2.59. The van der Waals surface area contributed by atoms with Crippen molar-refractivity contribution in [2.75, 3.05) is 16.4 Å². The lowest BCUT2D eigenvalue weighted by molar-refractivity contribution is -0.165. The van der Waals surface area contributed by atoms with Crippen LogP contribution in [-0.4, -0.2) is 37.1 Å². The fourth-order valence-corrected chi connectivity index (χ4v) is 4.86. The molecule has 0 unspecified atom stereocenters. The maximum absolute atomic E-state index is 13.3. The number of hydrogen-bond donors (Lipinski definition) is 3. The SMILES string of the molecule is Nc1ncnc2c1c(-c1ccc(NC(=O)Nc3cc(C4(C(F)(F)F)CC4)on3)c3oncc13)cn2C1CC1. The molecule has 2 amide bonds. The second-order valence-corrected chi connectivity index (χ2v) is 9.60. The van der Waals surface area contributed by atoms with Crippen LogP contribution in [-0.2, 0) is 5.41 Å². The summed E-state index contributed by atoms with van der Waals surface area (Å²) in [5.41, 5.74) is 7.11. The van der Waals surface area contributed by atoms with Crippen molar-refractivity contribution >= 4 is 45.4 Å². The predicted octanol–water partition coefficient (Wildman–Crippen LogP) is 5.38. The van der Waals surface area contributed by atoms with Crippen molar-refractivity contribution in [1.82, 2.24) is 24.8 Å². The van der Waals surface area contributed by atoms with Gasteiger partial charge in [0, 0.05) is 23.9 Å². The van der Waals surface area contributed by atoms with Gasteiger partial charge in [0.05, 0.1) is 22.7 Å². The Morgan fingerprint density at radius 3 is 2.68 bits per heavy atom. The number of hydrogen-bond acceptors (Lipinski definition) is 8. The maximum atomic E-state index is 13.3. The highest BCUT2D eigenvalue weighted by atomic mass is 19.4. The molecule has 2 saturated carbocycles. The molecule has 2 fully saturated rings. The van der Waals surface area contributed by atoms with Crippen LogP contribution in [0.4, 0.5) is 35.3 Å². The van der Waals surface area contributed by atoms with Gasteiger partial charge in [-0.25, -0.2) is 14.8 Å². The Hall–Kier alpha value is -4.62. The molecule has 14 heteroatoms. The summed E-state index contributed by atoms with van der Waals surface area (Å²) >= 11 is 0. The lowest BCUT2D eigenvalue weighted by atomic mass is 10.0. The molecule has 0 bridgehead atoms. The molecule has 2 aliphatic carbocycles. The third-order valence-electron chi connectivity index (χ3n) is 7.16. The van der Waals surface area contributed by atoms with Crippen molar-refractivity contribution in [3.8, 4) is 11.1 Å². The summed E-state index contributed by atoms with van der Waals surface area (Å²) in [5.74, 6) is -0.112. The minimum atomic E-state index is -4.45. The van der Waals surface area contributed by atoms with Crippen LogP contribution in [0.15, 0.2) is 46.0 Å². The lowest BCUT2D eigenvalue weighted by Gasteiger charge is -2.14. The van der Waals surface area contributed by atoms with Gasteiger partial charge in [-0.05, 0) is 37.3 Å². The van der Waals surface area contributed by atoms with Gasteiger partial charge in [-0.1, -0.05) is 16.4 Å². The molecular weight excluding hydrogens is 505 g/mol.